The van der Waals surface area contributed by atoms with Crippen LogP contribution in [0, 0.1) is 0 Å². The van der Waals surface area contributed by atoms with Crippen molar-refractivity contribution in [1.82, 2.24) is 10.2 Å². The summed E-state index contributed by atoms with van der Waals surface area (Å²) in [5.74, 6) is 0.641. The predicted octanol–water partition coefficient (Wildman–Crippen LogP) is 1.87. The molecule has 1 saturated heterocycles. The third-order valence-electron chi connectivity index (χ3n) is 1.95. The predicted molar refractivity (Wildman–Crippen MR) is 56.9 cm³/mol. The standard InChI is InChI=1S/C10H15N3O/c1-5-8-9(11-6-2)13(7(3)4)10(14)12-8/h5-7H,2H2,1,3-4H3,(H,12,14)/b8-5+,11-9?. The minimum Gasteiger partial charge on any atom is -0.304 e. The summed E-state index contributed by atoms with van der Waals surface area (Å²) >= 11 is 0. The third-order valence-corrected chi connectivity index (χ3v) is 1.95. The van der Waals surface area contributed by atoms with Gasteiger partial charge in [-0.1, -0.05) is 12.7 Å². The number of hydrogen-bond donors (Lipinski definition) is 1. The molecule has 14 heavy (non-hydrogen) atoms. The van der Waals surface area contributed by atoms with Crippen molar-refractivity contribution in [2.75, 3.05) is 0 Å². The van der Waals surface area contributed by atoms with Crippen LogP contribution in [0.3, 0.4) is 0 Å². The van der Waals surface area contributed by atoms with Gasteiger partial charge in [-0.3, -0.25) is 4.90 Å². The van der Waals surface area contributed by atoms with Crippen LogP contribution in [0.25, 0.3) is 0 Å². The lowest BCUT2D eigenvalue weighted by atomic mass is 10.3. The molecule has 4 heteroatoms. The Morgan fingerprint density at radius 2 is 2.21 bits per heavy atom. The lowest BCUT2D eigenvalue weighted by Gasteiger charge is -2.18. The normalized spacial score (nSPS) is 22.3. The van der Waals surface area contributed by atoms with E-state index >= 15 is 0 Å². The van der Waals surface area contributed by atoms with Gasteiger partial charge in [-0.25, -0.2) is 9.79 Å². The number of amides is 2. The van der Waals surface area contributed by atoms with E-state index in [4.69, 9.17) is 0 Å². The van der Waals surface area contributed by atoms with Crippen LogP contribution in [0.15, 0.2) is 29.5 Å². The van der Waals surface area contributed by atoms with Gasteiger partial charge in [-0.05, 0) is 20.8 Å². The van der Waals surface area contributed by atoms with Gasteiger partial charge >= 0.3 is 6.03 Å². The third kappa shape index (κ3) is 1.69. The quantitative estimate of drug-likeness (QED) is 0.714. The molecule has 0 radical (unpaired) electrons. The molecule has 2 amide bonds. The second-order valence-corrected chi connectivity index (χ2v) is 3.23. The first-order valence-electron chi connectivity index (χ1n) is 4.57. The monoisotopic (exact) mass is 193 g/mol. The van der Waals surface area contributed by atoms with Gasteiger partial charge in [-0.2, -0.15) is 0 Å². The number of urea groups is 1. The van der Waals surface area contributed by atoms with Crippen molar-refractivity contribution in [3.8, 4) is 0 Å². The number of hydrogen-bond acceptors (Lipinski definition) is 2. The molecule has 4 nitrogen and oxygen atoms in total. The molecule has 1 aliphatic heterocycles. The fourth-order valence-corrected chi connectivity index (χ4v) is 1.36. The minimum atomic E-state index is -0.131. The van der Waals surface area contributed by atoms with Gasteiger partial charge < -0.3 is 5.32 Å². The van der Waals surface area contributed by atoms with Crippen molar-refractivity contribution >= 4 is 11.9 Å². The van der Waals surface area contributed by atoms with Gasteiger partial charge in [0.25, 0.3) is 0 Å². The average molecular weight is 193 g/mol. The van der Waals surface area contributed by atoms with Crippen LogP contribution >= 0.6 is 0 Å². The number of rotatable bonds is 2. The lowest BCUT2D eigenvalue weighted by Crippen LogP contribution is -2.36. The molecule has 0 bridgehead atoms. The van der Waals surface area contributed by atoms with E-state index in [9.17, 15) is 4.79 Å². The zero-order valence-electron chi connectivity index (χ0n) is 8.74. The summed E-state index contributed by atoms with van der Waals surface area (Å²) < 4.78 is 0. The van der Waals surface area contributed by atoms with Crippen LogP contribution in [0.5, 0.6) is 0 Å². The molecule has 1 N–H and O–H groups in total. The fraction of sp³-hybridized carbons (Fsp3) is 0.400. The summed E-state index contributed by atoms with van der Waals surface area (Å²) in [6.45, 7) is 9.27. The molecular weight excluding hydrogens is 178 g/mol. The van der Waals surface area contributed by atoms with E-state index in [0.29, 0.717) is 5.84 Å². The molecule has 1 rings (SSSR count). The first-order chi connectivity index (χ1) is 6.61. The van der Waals surface area contributed by atoms with E-state index in [2.05, 4.69) is 16.9 Å². The van der Waals surface area contributed by atoms with E-state index in [1.165, 1.54) is 6.20 Å². The van der Waals surface area contributed by atoms with E-state index < -0.39 is 0 Å². The van der Waals surface area contributed by atoms with Crippen LogP contribution in [-0.4, -0.2) is 22.8 Å². The molecule has 0 aromatic heterocycles. The van der Waals surface area contributed by atoms with Crippen molar-refractivity contribution in [3.63, 3.8) is 0 Å². The minimum absolute atomic E-state index is 0.0890. The topological polar surface area (TPSA) is 44.7 Å². The van der Waals surface area contributed by atoms with Gasteiger partial charge in [0.05, 0.1) is 5.70 Å². The molecule has 0 saturated carbocycles. The van der Waals surface area contributed by atoms with E-state index in [1.54, 1.807) is 4.90 Å². The molecule has 0 aliphatic carbocycles. The molecular formula is C10H15N3O. The zero-order chi connectivity index (χ0) is 10.7. The maximum Gasteiger partial charge on any atom is 0.327 e. The molecule has 1 heterocycles. The Hall–Kier alpha value is -1.58. The summed E-state index contributed by atoms with van der Waals surface area (Å²) in [6, 6.07) is -0.0418. The van der Waals surface area contributed by atoms with Gasteiger partial charge in [0.1, 0.15) is 0 Å². The van der Waals surface area contributed by atoms with E-state index in [0.717, 1.165) is 5.70 Å². The Bertz CT molecular complexity index is 315. The number of aliphatic imine (C=N–C) groups is 1. The first kappa shape index (κ1) is 10.5. The number of amidine groups is 1. The number of allylic oxidation sites excluding steroid dienone is 1. The number of nitrogens with zero attached hydrogens (tertiary/aromatic N) is 2. The van der Waals surface area contributed by atoms with Crippen molar-refractivity contribution < 1.29 is 4.79 Å². The second kappa shape index (κ2) is 4.09. The zero-order valence-corrected chi connectivity index (χ0v) is 8.74. The fourth-order valence-electron chi connectivity index (χ4n) is 1.36. The molecule has 0 aromatic carbocycles. The molecule has 76 valence electrons. The Morgan fingerprint density at radius 1 is 1.57 bits per heavy atom. The van der Waals surface area contributed by atoms with Gasteiger partial charge in [-0.15, -0.1) is 0 Å². The van der Waals surface area contributed by atoms with Crippen LogP contribution in [0.2, 0.25) is 0 Å². The highest BCUT2D eigenvalue weighted by atomic mass is 16.2. The smallest absolute Gasteiger partial charge is 0.304 e. The lowest BCUT2D eigenvalue weighted by molar-refractivity contribution is 0.222. The molecule has 1 aliphatic rings. The number of carbonyl (C=O) groups is 1. The highest BCUT2D eigenvalue weighted by Gasteiger charge is 2.32. The van der Waals surface area contributed by atoms with Crippen LogP contribution < -0.4 is 5.32 Å². The maximum absolute atomic E-state index is 11.5. The van der Waals surface area contributed by atoms with E-state index in [-0.39, 0.29) is 12.1 Å². The average Bonchev–Trinajstić information content (AvgIpc) is 2.43. The van der Waals surface area contributed by atoms with Crippen molar-refractivity contribution in [2.24, 2.45) is 4.99 Å². The molecule has 0 unspecified atom stereocenters. The highest BCUT2D eigenvalue weighted by molar-refractivity contribution is 6.14. The Morgan fingerprint density at radius 3 is 2.64 bits per heavy atom. The number of carbonyl (C=O) groups excluding carboxylic acids is 1. The van der Waals surface area contributed by atoms with Gasteiger partial charge in [0, 0.05) is 12.2 Å². The molecule has 0 atom stereocenters. The van der Waals surface area contributed by atoms with Crippen molar-refractivity contribution in [3.05, 3.63) is 24.6 Å². The van der Waals surface area contributed by atoms with Crippen LogP contribution in [0.4, 0.5) is 4.79 Å². The first-order valence-corrected chi connectivity index (χ1v) is 4.57. The van der Waals surface area contributed by atoms with Crippen molar-refractivity contribution in [2.45, 2.75) is 26.8 Å². The molecule has 1 fully saturated rings. The van der Waals surface area contributed by atoms with Crippen LogP contribution in [-0.2, 0) is 0 Å². The largest absolute Gasteiger partial charge is 0.327 e. The molecule has 0 aromatic rings. The van der Waals surface area contributed by atoms with E-state index in [1.807, 2.05) is 26.8 Å². The summed E-state index contributed by atoms with van der Waals surface area (Å²) in [7, 11) is 0. The van der Waals surface area contributed by atoms with Gasteiger partial charge in [0.15, 0.2) is 5.84 Å². The highest BCUT2D eigenvalue weighted by Crippen LogP contribution is 2.14. The maximum atomic E-state index is 11.5. The number of nitrogens with one attached hydrogen (secondary N) is 1. The Kier molecular flexibility index (Phi) is 3.06. The molecule has 0 spiro atoms. The Labute approximate surface area is 84.0 Å². The summed E-state index contributed by atoms with van der Waals surface area (Å²) in [4.78, 5) is 17.2. The van der Waals surface area contributed by atoms with Crippen molar-refractivity contribution in [1.29, 1.82) is 0 Å². The summed E-state index contributed by atoms with van der Waals surface area (Å²) in [6.07, 6.45) is 3.26. The Balaban J connectivity index is 3.11. The second-order valence-electron chi connectivity index (χ2n) is 3.23. The van der Waals surface area contributed by atoms with Crippen LogP contribution in [0.1, 0.15) is 20.8 Å². The van der Waals surface area contributed by atoms with Gasteiger partial charge in [0.2, 0.25) is 0 Å². The summed E-state index contributed by atoms with van der Waals surface area (Å²) in [5, 5.41) is 2.74. The summed E-state index contributed by atoms with van der Waals surface area (Å²) in [5.41, 5.74) is 0.739. The SMILES string of the molecule is C=CN=C1/C(=C\C)NC(=O)N1C(C)C.